The van der Waals surface area contributed by atoms with E-state index in [4.69, 9.17) is 5.73 Å². The van der Waals surface area contributed by atoms with Gasteiger partial charge in [-0.05, 0) is 12.1 Å². The first-order valence-corrected chi connectivity index (χ1v) is 6.48. The molecule has 0 aliphatic rings. The highest BCUT2D eigenvalue weighted by Gasteiger charge is 2.30. The fourth-order valence-electron chi connectivity index (χ4n) is 1.12. The molecule has 0 bridgehead atoms. The zero-order valence-corrected chi connectivity index (χ0v) is 10.1. The Bertz CT molecular complexity index is 571. The Kier molecular flexibility index (Phi) is 4.23. The lowest BCUT2D eigenvalue weighted by Crippen LogP contribution is -2.22. The van der Waals surface area contributed by atoms with Crippen molar-refractivity contribution in [1.82, 2.24) is 0 Å². The normalized spacial score (nSPS) is 12.5. The molecule has 0 saturated heterocycles. The summed E-state index contributed by atoms with van der Waals surface area (Å²) in [6.45, 7) is 0. The molecule has 0 aliphatic heterocycles. The summed E-state index contributed by atoms with van der Waals surface area (Å²) >= 11 is 0. The van der Waals surface area contributed by atoms with E-state index in [0.717, 1.165) is 6.07 Å². The molecule has 0 aliphatic carbocycles. The molecule has 0 spiro atoms. The van der Waals surface area contributed by atoms with Crippen LogP contribution in [0.1, 0.15) is 6.42 Å². The number of rotatable bonds is 4. The Labute approximate surface area is 105 Å². The number of alkyl halides is 3. The van der Waals surface area contributed by atoms with E-state index >= 15 is 0 Å². The summed E-state index contributed by atoms with van der Waals surface area (Å²) in [4.78, 5) is 0. The summed E-state index contributed by atoms with van der Waals surface area (Å²) < 4.78 is 86.0. The Morgan fingerprint density at radius 2 is 1.79 bits per heavy atom. The molecule has 0 unspecified atom stereocenters. The van der Waals surface area contributed by atoms with Crippen LogP contribution in [0.15, 0.2) is 12.1 Å². The zero-order chi connectivity index (χ0) is 14.8. The molecule has 0 fully saturated rings. The smallest absolute Gasteiger partial charge is 0.390 e. The van der Waals surface area contributed by atoms with Crippen molar-refractivity contribution >= 4 is 21.4 Å². The van der Waals surface area contributed by atoms with Gasteiger partial charge in [0.15, 0.2) is 5.82 Å². The molecule has 0 amide bonds. The van der Waals surface area contributed by atoms with Crippen LogP contribution in [0.2, 0.25) is 0 Å². The summed E-state index contributed by atoms with van der Waals surface area (Å²) in [6.07, 6.45) is -6.24. The molecule has 0 saturated carbocycles. The number of halogens is 5. The van der Waals surface area contributed by atoms with Crippen molar-refractivity contribution < 1.29 is 30.4 Å². The molecule has 0 atom stereocenters. The third-order valence-electron chi connectivity index (χ3n) is 2.05. The van der Waals surface area contributed by atoms with Crippen LogP contribution in [-0.4, -0.2) is 20.3 Å². The Morgan fingerprint density at radius 3 is 2.32 bits per heavy atom. The second kappa shape index (κ2) is 5.19. The number of hydrogen-bond donors (Lipinski definition) is 2. The Morgan fingerprint density at radius 1 is 1.21 bits per heavy atom. The lowest BCUT2D eigenvalue weighted by Gasteiger charge is -2.11. The minimum atomic E-state index is -4.66. The van der Waals surface area contributed by atoms with Gasteiger partial charge in [-0.1, -0.05) is 0 Å². The minimum Gasteiger partial charge on any atom is -0.394 e. The maximum Gasteiger partial charge on any atom is 0.390 e. The molecule has 1 aromatic rings. The first kappa shape index (κ1) is 15.5. The number of nitrogens with two attached hydrogens (primary N) is 1. The Hall–Kier alpha value is -1.58. The number of nitrogen functional groups attached to an aromatic ring is 1. The van der Waals surface area contributed by atoms with Gasteiger partial charge in [0.1, 0.15) is 11.5 Å². The predicted octanol–water partition coefficient (Wildman–Crippen LogP) is 2.24. The minimum absolute atomic E-state index is 0.694. The van der Waals surface area contributed by atoms with Gasteiger partial charge in [-0.25, -0.2) is 17.2 Å². The van der Waals surface area contributed by atoms with Gasteiger partial charge in [0.25, 0.3) is 0 Å². The van der Waals surface area contributed by atoms with Crippen LogP contribution >= 0.6 is 0 Å². The molecular weight excluding hydrogens is 295 g/mol. The average molecular weight is 304 g/mol. The highest BCUT2D eigenvalue weighted by atomic mass is 32.2. The van der Waals surface area contributed by atoms with Crippen molar-refractivity contribution in [3.8, 4) is 0 Å². The third kappa shape index (κ3) is 4.54. The third-order valence-corrected chi connectivity index (χ3v) is 3.32. The van der Waals surface area contributed by atoms with Crippen molar-refractivity contribution in [2.45, 2.75) is 12.6 Å². The van der Waals surface area contributed by atoms with E-state index in [1.54, 1.807) is 4.72 Å². The van der Waals surface area contributed by atoms with Crippen LogP contribution in [0.25, 0.3) is 0 Å². The van der Waals surface area contributed by atoms with Crippen LogP contribution in [-0.2, 0) is 10.0 Å². The molecule has 1 rings (SSSR count). The van der Waals surface area contributed by atoms with Gasteiger partial charge in [0, 0.05) is 0 Å². The van der Waals surface area contributed by atoms with Crippen LogP contribution in [0.4, 0.5) is 33.3 Å². The molecule has 3 N–H and O–H groups in total. The molecular formula is C9H9F5N2O2S. The van der Waals surface area contributed by atoms with E-state index in [2.05, 4.69) is 0 Å². The van der Waals surface area contributed by atoms with Crippen molar-refractivity contribution in [3.05, 3.63) is 23.8 Å². The van der Waals surface area contributed by atoms with Crippen molar-refractivity contribution in [1.29, 1.82) is 0 Å². The summed E-state index contributed by atoms with van der Waals surface area (Å²) in [7, 11) is -4.41. The predicted molar refractivity (Wildman–Crippen MR) is 58.9 cm³/mol. The number of hydrogen-bond acceptors (Lipinski definition) is 3. The Balaban J connectivity index is 2.88. The molecule has 10 heteroatoms. The second-order valence-electron chi connectivity index (χ2n) is 3.61. The van der Waals surface area contributed by atoms with Gasteiger partial charge in [-0.2, -0.15) is 13.2 Å². The molecule has 108 valence electrons. The van der Waals surface area contributed by atoms with Crippen LogP contribution < -0.4 is 10.5 Å². The van der Waals surface area contributed by atoms with Gasteiger partial charge in [0.05, 0.1) is 17.9 Å². The fourth-order valence-corrected chi connectivity index (χ4v) is 2.21. The monoisotopic (exact) mass is 304 g/mol. The van der Waals surface area contributed by atoms with E-state index in [9.17, 15) is 30.4 Å². The maximum atomic E-state index is 13.4. The van der Waals surface area contributed by atoms with Gasteiger partial charge < -0.3 is 5.73 Å². The highest BCUT2D eigenvalue weighted by molar-refractivity contribution is 7.92. The molecule has 0 heterocycles. The van der Waals surface area contributed by atoms with Crippen LogP contribution in [0.3, 0.4) is 0 Å². The molecule has 0 aromatic heterocycles. The van der Waals surface area contributed by atoms with E-state index in [1.165, 1.54) is 0 Å². The first-order chi connectivity index (χ1) is 8.52. The molecule has 0 radical (unpaired) electrons. The number of benzene rings is 1. The van der Waals surface area contributed by atoms with Gasteiger partial charge in [-0.15, -0.1) is 0 Å². The van der Waals surface area contributed by atoms with Crippen LogP contribution in [0.5, 0.6) is 0 Å². The molecule has 1 aromatic carbocycles. The zero-order valence-electron chi connectivity index (χ0n) is 9.26. The van der Waals surface area contributed by atoms with Gasteiger partial charge in [0.2, 0.25) is 10.0 Å². The van der Waals surface area contributed by atoms with Crippen molar-refractivity contribution in [3.63, 3.8) is 0 Å². The number of sulfonamides is 1. The van der Waals surface area contributed by atoms with E-state index in [1.807, 2.05) is 0 Å². The molecule has 19 heavy (non-hydrogen) atoms. The lowest BCUT2D eigenvalue weighted by molar-refractivity contribution is -0.129. The standard InChI is InChI=1S/C9H9F5N2O2S/c10-5-1-2-6(7(11)8(5)15)16-19(17,18)4-3-9(12,13)14/h1-2,16H,3-4,15H2. The highest BCUT2D eigenvalue weighted by Crippen LogP contribution is 2.25. The summed E-state index contributed by atoms with van der Waals surface area (Å²) in [5.41, 5.74) is 3.35. The summed E-state index contributed by atoms with van der Waals surface area (Å²) in [6, 6.07) is 1.42. The van der Waals surface area contributed by atoms with Gasteiger partial charge in [-0.3, -0.25) is 4.72 Å². The SMILES string of the molecule is Nc1c(F)ccc(NS(=O)(=O)CCC(F)(F)F)c1F. The van der Waals surface area contributed by atoms with E-state index in [0.29, 0.717) is 6.07 Å². The van der Waals surface area contributed by atoms with E-state index < -0.39 is 51.4 Å². The van der Waals surface area contributed by atoms with Crippen molar-refractivity contribution in [2.24, 2.45) is 0 Å². The second-order valence-corrected chi connectivity index (χ2v) is 5.45. The van der Waals surface area contributed by atoms with Crippen molar-refractivity contribution in [2.75, 3.05) is 16.2 Å². The summed E-state index contributed by atoms with van der Waals surface area (Å²) in [5.74, 6) is -3.75. The topological polar surface area (TPSA) is 72.2 Å². The largest absolute Gasteiger partial charge is 0.394 e. The molecule has 4 nitrogen and oxygen atoms in total. The number of nitrogens with one attached hydrogen (secondary N) is 1. The first-order valence-electron chi connectivity index (χ1n) is 4.82. The quantitative estimate of drug-likeness (QED) is 0.662. The fraction of sp³-hybridized carbons (Fsp3) is 0.333. The maximum absolute atomic E-state index is 13.4. The summed E-state index contributed by atoms with van der Waals surface area (Å²) in [5, 5.41) is 0. The lowest BCUT2D eigenvalue weighted by atomic mass is 10.2. The van der Waals surface area contributed by atoms with E-state index in [-0.39, 0.29) is 0 Å². The van der Waals surface area contributed by atoms with Gasteiger partial charge >= 0.3 is 6.18 Å². The average Bonchev–Trinajstić information content (AvgIpc) is 2.27. The van der Waals surface area contributed by atoms with Crippen LogP contribution in [0, 0.1) is 11.6 Å². The number of anilines is 2.